The van der Waals surface area contributed by atoms with Crippen LogP contribution in [-0.4, -0.2) is 16.3 Å². The van der Waals surface area contributed by atoms with Gasteiger partial charge in [0, 0.05) is 6.20 Å². The van der Waals surface area contributed by atoms with Gasteiger partial charge >= 0.3 is 0 Å². The quantitative estimate of drug-likeness (QED) is 0.774. The molecule has 3 heteroatoms. The van der Waals surface area contributed by atoms with Gasteiger partial charge < -0.3 is 5.73 Å². The first-order valence-corrected chi connectivity index (χ1v) is 5.54. The van der Waals surface area contributed by atoms with Crippen LogP contribution in [0.2, 0.25) is 0 Å². The fourth-order valence-electron chi connectivity index (χ4n) is 1.83. The van der Waals surface area contributed by atoms with Gasteiger partial charge in [-0.2, -0.15) is 5.10 Å². The van der Waals surface area contributed by atoms with Gasteiger partial charge in [0.15, 0.2) is 0 Å². The van der Waals surface area contributed by atoms with Gasteiger partial charge in [0.05, 0.1) is 12.2 Å². The molecule has 1 aromatic heterocycles. The van der Waals surface area contributed by atoms with Crippen LogP contribution in [0.1, 0.15) is 37.8 Å². The molecule has 2 rings (SSSR count). The third-order valence-corrected chi connectivity index (χ3v) is 3.05. The van der Waals surface area contributed by atoms with E-state index in [9.17, 15) is 0 Å². The molecule has 1 aliphatic carbocycles. The Bertz CT molecular complexity index is 288. The van der Waals surface area contributed by atoms with Crippen molar-refractivity contribution in [3.05, 3.63) is 18.0 Å². The van der Waals surface area contributed by atoms with E-state index < -0.39 is 0 Å². The van der Waals surface area contributed by atoms with Crippen LogP contribution in [0.5, 0.6) is 0 Å². The number of aromatic nitrogens is 2. The highest BCUT2D eigenvalue weighted by molar-refractivity contribution is 5.05. The van der Waals surface area contributed by atoms with E-state index in [0.29, 0.717) is 6.04 Å². The summed E-state index contributed by atoms with van der Waals surface area (Å²) in [6.45, 7) is 3.03. The smallest absolute Gasteiger partial charge is 0.0521 e. The number of hydrogen-bond acceptors (Lipinski definition) is 2. The molecule has 0 amide bonds. The van der Waals surface area contributed by atoms with E-state index in [1.165, 1.54) is 18.4 Å². The molecular weight excluding hydrogens is 174 g/mol. The number of hydrogen-bond donors (Lipinski definition) is 1. The van der Waals surface area contributed by atoms with E-state index in [2.05, 4.69) is 22.9 Å². The molecule has 2 N–H and O–H groups in total. The van der Waals surface area contributed by atoms with Crippen molar-refractivity contribution in [3.8, 4) is 0 Å². The van der Waals surface area contributed by atoms with Crippen molar-refractivity contribution in [2.24, 2.45) is 11.7 Å². The predicted molar refractivity (Wildman–Crippen MR) is 57.0 cm³/mol. The Hall–Kier alpha value is -0.830. The molecule has 78 valence electrons. The van der Waals surface area contributed by atoms with Crippen molar-refractivity contribution in [1.29, 1.82) is 0 Å². The third kappa shape index (κ3) is 2.15. The number of nitrogens with two attached hydrogens (primary N) is 1. The van der Waals surface area contributed by atoms with Gasteiger partial charge in [0.25, 0.3) is 0 Å². The standard InChI is InChI=1S/C11H19N3/c1-9(11-4-5-11)14-8-10(7-13-14)3-2-6-12/h7-9,11H,2-6,12H2,1H3. The van der Waals surface area contributed by atoms with Crippen molar-refractivity contribution >= 4 is 0 Å². The van der Waals surface area contributed by atoms with E-state index >= 15 is 0 Å². The second kappa shape index (κ2) is 4.13. The lowest BCUT2D eigenvalue weighted by Crippen LogP contribution is -2.07. The topological polar surface area (TPSA) is 43.8 Å². The largest absolute Gasteiger partial charge is 0.330 e. The van der Waals surface area contributed by atoms with E-state index in [0.717, 1.165) is 25.3 Å². The lowest BCUT2D eigenvalue weighted by Gasteiger charge is -2.09. The Morgan fingerprint density at radius 3 is 3.07 bits per heavy atom. The summed E-state index contributed by atoms with van der Waals surface area (Å²) in [5.41, 5.74) is 6.80. The fourth-order valence-corrected chi connectivity index (χ4v) is 1.83. The van der Waals surface area contributed by atoms with E-state index in [1.807, 2.05) is 6.20 Å². The zero-order chi connectivity index (χ0) is 9.97. The molecule has 1 saturated carbocycles. The van der Waals surface area contributed by atoms with Crippen molar-refractivity contribution in [3.63, 3.8) is 0 Å². The third-order valence-electron chi connectivity index (χ3n) is 3.05. The molecule has 0 radical (unpaired) electrons. The van der Waals surface area contributed by atoms with E-state index in [1.54, 1.807) is 0 Å². The van der Waals surface area contributed by atoms with Gasteiger partial charge in [-0.3, -0.25) is 4.68 Å². The maximum absolute atomic E-state index is 5.47. The highest BCUT2D eigenvalue weighted by Crippen LogP contribution is 2.38. The van der Waals surface area contributed by atoms with Gasteiger partial charge in [-0.15, -0.1) is 0 Å². The van der Waals surface area contributed by atoms with Gasteiger partial charge in [-0.05, 0) is 50.6 Å². The minimum Gasteiger partial charge on any atom is -0.330 e. The van der Waals surface area contributed by atoms with Crippen LogP contribution in [0.25, 0.3) is 0 Å². The first-order valence-electron chi connectivity index (χ1n) is 5.54. The number of nitrogens with zero attached hydrogens (tertiary/aromatic N) is 2. The van der Waals surface area contributed by atoms with Crippen LogP contribution in [-0.2, 0) is 6.42 Å². The molecule has 0 saturated heterocycles. The summed E-state index contributed by atoms with van der Waals surface area (Å²) in [5, 5.41) is 4.41. The van der Waals surface area contributed by atoms with Gasteiger partial charge in [-0.25, -0.2) is 0 Å². The monoisotopic (exact) mass is 193 g/mol. The highest BCUT2D eigenvalue weighted by atomic mass is 15.3. The van der Waals surface area contributed by atoms with Crippen LogP contribution in [0.15, 0.2) is 12.4 Å². The molecule has 14 heavy (non-hydrogen) atoms. The summed E-state index contributed by atoms with van der Waals surface area (Å²) >= 11 is 0. The molecule has 1 heterocycles. The first-order chi connectivity index (χ1) is 6.81. The second-order valence-electron chi connectivity index (χ2n) is 4.30. The van der Waals surface area contributed by atoms with Gasteiger partial charge in [0.2, 0.25) is 0 Å². The Morgan fingerprint density at radius 1 is 1.64 bits per heavy atom. The molecule has 1 unspecified atom stereocenters. The molecule has 0 bridgehead atoms. The summed E-state index contributed by atoms with van der Waals surface area (Å²) in [6, 6.07) is 0.585. The minimum absolute atomic E-state index is 0.585. The van der Waals surface area contributed by atoms with Crippen LogP contribution >= 0.6 is 0 Å². The molecular formula is C11H19N3. The summed E-state index contributed by atoms with van der Waals surface area (Å²) in [7, 11) is 0. The molecule has 1 aliphatic rings. The minimum atomic E-state index is 0.585. The first kappa shape index (κ1) is 9.71. The van der Waals surface area contributed by atoms with Crippen molar-refractivity contribution in [2.75, 3.05) is 6.54 Å². The molecule has 1 fully saturated rings. The Morgan fingerprint density at radius 2 is 2.43 bits per heavy atom. The Kier molecular flexibility index (Phi) is 2.87. The molecule has 1 atom stereocenters. The van der Waals surface area contributed by atoms with Crippen molar-refractivity contribution < 1.29 is 0 Å². The average molecular weight is 193 g/mol. The SMILES string of the molecule is CC(C1CC1)n1cc(CCCN)cn1. The van der Waals surface area contributed by atoms with Crippen molar-refractivity contribution in [1.82, 2.24) is 9.78 Å². The molecule has 1 aromatic rings. The van der Waals surface area contributed by atoms with Crippen LogP contribution in [0.3, 0.4) is 0 Å². The van der Waals surface area contributed by atoms with Crippen LogP contribution < -0.4 is 5.73 Å². The average Bonchev–Trinajstić information content (AvgIpc) is 2.94. The highest BCUT2D eigenvalue weighted by Gasteiger charge is 2.29. The summed E-state index contributed by atoms with van der Waals surface area (Å²) in [4.78, 5) is 0. The molecule has 0 aromatic carbocycles. The lowest BCUT2D eigenvalue weighted by atomic mass is 10.2. The molecule has 0 spiro atoms. The zero-order valence-electron chi connectivity index (χ0n) is 8.82. The maximum atomic E-state index is 5.47. The Labute approximate surface area is 85.3 Å². The zero-order valence-corrected chi connectivity index (χ0v) is 8.82. The van der Waals surface area contributed by atoms with Gasteiger partial charge in [-0.1, -0.05) is 0 Å². The van der Waals surface area contributed by atoms with E-state index in [4.69, 9.17) is 5.73 Å². The summed E-state index contributed by atoms with van der Waals surface area (Å²) in [5.74, 6) is 0.872. The lowest BCUT2D eigenvalue weighted by molar-refractivity contribution is 0.439. The predicted octanol–water partition coefficient (Wildman–Crippen LogP) is 1.75. The fraction of sp³-hybridized carbons (Fsp3) is 0.727. The second-order valence-corrected chi connectivity index (χ2v) is 4.30. The van der Waals surface area contributed by atoms with Crippen molar-refractivity contribution in [2.45, 2.75) is 38.6 Å². The summed E-state index contributed by atoms with van der Waals surface area (Å²) < 4.78 is 2.11. The maximum Gasteiger partial charge on any atom is 0.0521 e. The number of aryl methyl sites for hydroxylation is 1. The van der Waals surface area contributed by atoms with E-state index in [-0.39, 0.29) is 0 Å². The van der Waals surface area contributed by atoms with Crippen LogP contribution in [0.4, 0.5) is 0 Å². The Balaban J connectivity index is 1.94. The van der Waals surface area contributed by atoms with Crippen LogP contribution in [0, 0.1) is 5.92 Å². The number of rotatable bonds is 5. The summed E-state index contributed by atoms with van der Waals surface area (Å²) in [6.07, 6.45) is 9.03. The molecule has 0 aliphatic heterocycles. The molecule has 3 nitrogen and oxygen atoms in total. The van der Waals surface area contributed by atoms with Gasteiger partial charge in [0.1, 0.15) is 0 Å². The normalized spacial score (nSPS) is 18.4.